The molecule has 0 unspecified atom stereocenters. The van der Waals surface area contributed by atoms with Gasteiger partial charge in [-0.15, -0.1) is 0 Å². The van der Waals surface area contributed by atoms with Crippen molar-refractivity contribution in [2.75, 3.05) is 13.6 Å². The third-order valence-corrected chi connectivity index (χ3v) is 0.868. The maximum Gasteiger partial charge on any atom is 0.0901 e. The van der Waals surface area contributed by atoms with Gasteiger partial charge in [0.2, 0.25) is 0 Å². The molecular formula is C8H18N2. The van der Waals surface area contributed by atoms with E-state index in [0.29, 0.717) is 0 Å². The lowest BCUT2D eigenvalue weighted by Gasteiger charge is -2.06. The SMILES string of the molecule is C=CN=CN(C)CC.CC. The molecule has 0 fully saturated rings. The molecule has 0 radical (unpaired) electrons. The van der Waals surface area contributed by atoms with Crippen molar-refractivity contribution >= 4 is 6.34 Å². The molecule has 10 heavy (non-hydrogen) atoms. The molecule has 0 heterocycles. The second kappa shape index (κ2) is 11.1. The highest BCUT2D eigenvalue weighted by Gasteiger charge is 1.78. The molecule has 0 aliphatic heterocycles. The van der Waals surface area contributed by atoms with E-state index in [2.05, 4.69) is 18.5 Å². The van der Waals surface area contributed by atoms with Gasteiger partial charge in [0.1, 0.15) is 0 Å². The van der Waals surface area contributed by atoms with E-state index < -0.39 is 0 Å². The predicted molar refractivity (Wildman–Crippen MR) is 48.3 cm³/mol. The molecule has 0 aliphatic carbocycles. The molecular weight excluding hydrogens is 124 g/mol. The van der Waals surface area contributed by atoms with Gasteiger partial charge in [-0.05, 0) is 6.92 Å². The maximum absolute atomic E-state index is 3.81. The molecule has 0 saturated carbocycles. The first-order valence-electron chi connectivity index (χ1n) is 3.65. The topological polar surface area (TPSA) is 15.6 Å². The van der Waals surface area contributed by atoms with Crippen molar-refractivity contribution in [1.29, 1.82) is 0 Å². The molecule has 2 heteroatoms. The minimum Gasteiger partial charge on any atom is -0.366 e. The van der Waals surface area contributed by atoms with Gasteiger partial charge >= 0.3 is 0 Å². The van der Waals surface area contributed by atoms with Crippen LogP contribution in [0.5, 0.6) is 0 Å². The Labute approximate surface area is 64.3 Å². The van der Waals surface area contributed by atoms with Crippen LogP contribution in [-0.2, 0) is 0 Å². The van der Waals surface area contributed by atoms with E-state index in [1.54, 1.807) is 6.34 Å². The van der Waals surface area contributed by atoms with Crippen molar-refractivity contribution < 1.29 is 0 Å². The second-order valence-electron chi connectivity index (χ2n) is 1.52. The molecule has 0 aliphatic rings. The number of nitrogens with zero attached hydrogens (tertiary/aromatic N) is 2. The Morgan fingerprint density at radius 2 is 2.00 bits per heavy atom. The smallest absolute Gasteiger partial charge is 0.0901 e. The zero-order valence-corrected chi connectivity index (χ0v) is 7.46. The molecule has 0 aromatic heterocycles. The van der Waals surface area contributed by atoms with Crippen LogP contribution in [0, 0.1) is 0 Å². The van der Waals surface area contributed by atoms with Gasteiger partial charge in [-0.3, -0.25) is 0 Å². The summed E-state index contributed by atoms with van der Waals surface area (Å²) in [5.74, 6) is 0. The molecule has 60 valence electrons. The fourth-order valence-corrected chi connectivity index (χ4v) is 0.243. The van der Waals surface area contributed by atoms with E-state index in [9.17, 15) is 0 Å². The van der Waals surface area contributed by atoms with Crippen LogP contribution in [-0.4, -0.2) is 24.8 Å². The minimum atomic E-state index is 0.983. The highest BCUT2D eigenvalue weighted by Crippen LogP contribution is 1.73. The van der Waals surface area contributed by atoms with Gasteiger partial charge in [-0.1, -0.05) is 20.4 Å². The minimum absolute atomic E-state index is 0.983. The Morgan fingerprint density at radius 3 is 2.30 bits per heavy atom. The first-order chi connectivity index (χ1) is 4.81. The van der Waals surface area contributed by atoms with Crippen LogP contribution in [0.1, 0.15) is 20.8 Å². The van der Waals surface area contributed by atoms with Crippen molar-refractivity contribution in [3.8, 4) is 0 Å². The summed E-state index contributed by atoms with van der Waals surface area (Å²) in [5, 5.41) is 0. The van der Waals surface area contributed by atoms with E-state index in [1.807, 2.05) is 25.8 Å². The van der Waals surface area contributed by atoms with Gasteiger partial charge in [0.05, 0.1) is 6.34 Å². The molecule has 0 aromatic carbocycles. The molecule has 0 aromatic rings. The molecule has 0 amide bonds. The first kappa shape index (κ1) is 11.9. The molecule has 2 nitrogen and oxygen atoms in total. The highest BCUT2D eigenvalue weighted by atomic mass is 15.1. The zero-order chi connectivity index (χ0) is 8.41. The van der Waals surface area contributed by atoms with E-state index in [0.717, 1.165) is 6.54 Å². The van der Waals surface area contributed by atoms with Crippen LogP contribution in [0.25, 0.3) is 0 Å². The Balaban J connectivity index is 0. The summed E-state index contributed by atoms with van der Waals surface area (Å²) >= 11 is 0. The van der Waals surface area contributed by atoms with Gasteiger partial charge in [0.25, 0.3) is 0 Å². The number of aliphatic imine (C=N–C) groups is 1. The largest absolute Gasteiger partial charge is 0.366 e. The van der Waals surface area contributed by atoms with Crippen LogP contribution < -0.4 is 0 Å². The van der Waals surface area contributed by atoms with E-state index >= 15 is 0 Å². The lowest BCUT2D eigenvalue weighted by atomic mass is 10.7. The van der Waals surface area contributed by atoms with Crippen LogP contribution in [0.3, 0.4) is 0 Å². The van der Waals surface area contributed by atoms with E-state index in [4.69, 9.17) is 0 Å². The van der Waals surface area contributed by atoms with Crippen molar-refractivity contribution in [3.63, 3.8) is 0 Å². The summed E-state index contributed by atoms with van der Waals surface area (Å²) in [6, 6.07) is 0. The summed E-state index contributed by atoms with van der Waals surface area (Å²) in [5.41, 5.74) is 0. The third kappa shape index (κ3) is 10.2. The summed E-state index contributed by atoms with van der Waals surface area (Å²) < 4.78 is 0. The number of hydrogen-bond acceptors (Lipinski definition) is 1. The van der Waals surface area contributed by atoms with Gasteiger partial charge in [0.15, 0.2) is 0 Å². The molecule has 0 saturated heterocycles. The van der Waals surface area contributed by atoms with E-state index in [1.165, 1.54) is 6.20 Å². The average Bonchev–Trinajstić information content (AvgIpc) is 2.04. The fourth-order valence-electron chi connectivity index (χ4n) is 0.243. The summed E-state index contributed by atoms with van der Waals surface area (Å²) in [6.07, 6.45) is 3.26. The van der Waals surface area contributed by atoms with Gasteiger partial charge in [-0.25, -0.2) is 4.99 Å². The lowest BCUT2D eigenvalue weighted by Crippen LogP contribution is -2.14. The summed E-state index contributed by atoms with van der Waals surface area (Å²) in [6.45, 7) is 10.5. The molecule has 0 bridgehead atoms. The van der Waals surface area contributed by atoms with Crippen LogP contribution in [0.4, 0.5) is 0 Å². The molecule has 0 spiro atoms. The Bertz CT molecular complexity index is 87.3. The number of rotatable bonds is 3. The van der Waals surface area contributed by atoms with Crippen molar-refractivity contribution in [2.45, 2.75) is 20.8 Å². The van der Waals surface area contributed by atoms with Gasteiger partial charge in [-0.2, -0.15) is 0 Å². The number of hydrogen-bond donors (Lipinski definition) is 0. The monoisotopic (exact) mass is 142 g/mol. The predicted octanol–water partition coefficient (Wildman–Crippen LogP) is 2.14. The standard InChI is InChI=1S/C6H12N2.C2H6/c1-4-7-6-8(3)5-2;1-2/h4,6H,1,5H2,2-3H3;1-2H3. The summed E-state index contributed by atoms with van der Waals surface area (Å²) in [7, 11) is 1.97. The first-order valence-corrected chi connectivity index (χ1v) is 3.65. The van der Waals surface area contributed by atoms with Gasteiger partial charge in [0, 0.05) is 19.8 Å². The molecule has 0 N–H and O–H groups in total. The van der Waals surface area contributed by atoms with Crippen LogP contribution >= 0.6 is 0 Å². The van der Waals surface area contributed by atoms with Crippen molar-refractivity contribution in [2.24, 2.45) is 4.99 Å². The van der Waals surface area contributed by atoms with Gasteiger partial charge < -0.3 is 4.90 Å². The maximum atomic E-state index is 3.81. The zero-order valence-electron chi connectivity index (χ0n) is 7.46. The Kier molecular flexibility index (Phi) is 13.2. The van der Waals surface area contributed by atoms with Crippen molar-refractivity contribution in [3.05, 3.63) is 12.8 Å². The normalized spacial score (nSPS) is 8.40. The second-order valence-corrected chi connectivity index (χ2v) is 1.52. The Morgan fingerprint density at radius 1 is 1.50 bits per heavy atom. The third-order valence-electron chi connectivity index (χ3n) is 0.868. The highest BCUT2D eigenvalue weighted by molar-refractivity contribution is 5.54. The van der Waals surface area contributed by atoms with Crippen molar-refractivity contribution in [1.82, 2.24) is 4.90 Å². The van der Waals surface area contributed by atoms with Crippen LogP contribution in [0.2, 0.25) is 0 Å². The molecule has 0 rings (SSSR count). The van der Waals surface area contributed by atoms with E-state index in [-0.39, 0.29) is 0 Å². The quantitative estimate of drug-likeness (QED) is 0.435. The summed E-state index contributed by atoms with van der Waals surface area (Å²) in [4.78, 5) is 5.78. The average molecular weight is 142 g/mol. The lowest BCUT2D eigenvalue weighted by molar-refractivity contribution is 0.552. The molecule has 0 atom stereocenters. The Hall–Kier alpha value is -0.790. The van der Waals surface area contributed by atoms with Crippen LogP contribution in [0.15, 0.2) is 17.8 Å². The fraction of sp³-hybridized carbons (Fsp3) is 0.625.